The molecule has 2 N–H and O–H groups in total. The number of ether oxygens (including phenoxy) is 1. The van der Waals surface area contributed by atoms with Crippen LogP contribution in [-0.4, -0.2) is 28.4 Å². The normalized spacial score (nSPS) is 10.6. The fourth-order valence-corrected chi connectivity index (χ4v) is 4.33. The number of nitro benzene ring substituents is 1. The van der Waals surface area contributed by atoms with Crippen LogP contribution in [0.5, 0.6) is 0 Å². The van der Waals surface area contributed by atoms with Crippen molar-refractivity contribution in [1.82, 2.24) is 4.98 Å². The Balaban J connectivity index is 2.04. The summed E-state index contributed by atoms with van der Waals surface area (Å²) in [6.45, 7) is 3.37. The van der Waals surface area contributed by atoms with Crippen molar-refractivity contribution in [2.24, 2.45) is 0 Å². The number of carbonyl (C=O) groups is 2. The lowest BCUT2D eigenvalue weighted by molar-refractivity contribution is -0.384. The highest BCUT2D eigenvalue weighted by Crippen LogP contribution is 2.37. The van der Waals surface area contributed by atoms with Crippen molar-refractivity contribution in [3.63, 3.8) is 0 Å². The van der Waals surface area contributed by atoms with E-state index in [0.29, 0.717) is 16.8 Å². The number of aromatic nitrogens is 1. The Kier molecular flexibility index (Phi) is 5.89. The predicted molar refractivity (Wildman–Crippen MR) is 110 cm³/mol. The van der Waals surface area contributed by atoms with E-state index in [9.17, 15) is 24.5 Å². The second-order valence-electron chi connectivity index (χ2n) is 5.80. The molecule has 0 aliphatic rings. The summed E-state index contributed by atoms with van der Waals surface area (Å²) in [5.74, 6) is -1.20. The molecule has 0 saturated carbocycles. The van der Waals surface area contributed by atoms with Gasteiger partial charge < -0.3 is 15.0 Å². The molecule has 0 atom stereocenters. The lowest BCUT2D eigenvalue weighted by atomic mass is 10.0. The maximum Gasteiger partial charge on any atom is 0.341 e. The molecular formula is C18H15N3O6S2. The number of thiophene rings is 1. The number of nitro groups is 1. The third-order valence-corrected chi connectivity index (χ3v) is 5.78. The van der Waals surface area contributed by atoms with E-state index in [4.69, 9.17) is 4.74 Å². The van der Waals surface area contributed by atoms with E-state index in [1.54, 1.807) is 25.3 Å². The lowest BCUT2D eigenvalue weighted by Crippen LogP contribution is -2.14. The second kappa shape index (κ2) is 8.37. The van der Waals surface area contributed by atoms with Crippen LogP contribution < -0.4 is 10.2 Å². The van der Waals surface area contributed by atoms with Crippen LogP contribution in [0.15, 0.2) is 34.4 Å². The van der Waals surface area contributed by atoms with Crippen LogP contribution in [0, 0.1) is 17.0 Å². The third-order valence-electron chi connectivity index (χ3n) is 3.90. The Hall–Kier alpha value is -3.31. The van der Waals surface area contributed by atoms with Gasteiger partial charge in [0.05, 0.1) is 11.5 Å². The largest absolute Gasteiger partial charge is 0.462 e. The van der Waals surface area contributed by atoms with Crippen LogP contribution >= 0.6 is 22.7 Å². The molecular weight excluding hydrogens is 418 g/mol. The molecule has 0 spiro atoms. The van der Waals surface area contributed by atoms with Crippen molar-refractivity contribution in [2.75, 3.05) is 11.9 Å². The van der Waals surface area contributed by atoms with Crippen molar-refractivity contribution in [3.8, 4) is 11.1 Å². The molecule has 0 aliphatic carbocycles. The zero-order chi connectivity index (χ0) is 21.1. The average molecular weight is 433 g/mol. The molecule has 1 aromatic carbocycles. The zero-order valence-corrected chi connectivity index (χ0v) is 16.9. The number of H-pyrrole nitrogens is 1. The van der Waals surface area contributed by atoms with Gasteiger partial charge >= 0.3 is 10.8 Å². The highest BCUT2D eigenvalue weighted by Gasteiger charge is 2.25. The molecule has 0 bridgehead atoms. The summed E-state index contributed by atoms with van der Waals surface area (Å²) in [6.07, 6.45) is 0. The molecule has 1 amide bonds. The number of non-ortho nitro benzene ring substituents is 1. The third kappa shape index (κ3) is 4.25. The highest BCUT2D eigenvalue weighted by atomic mass is 32.1. The van der Waals surface area contributed by atoms with E-state index in [0.717, 1.165) is 22.7 Å². The summed E-state index contributed by atoms with van der Waals surface area (Å²) in [5.41, 5.74) is 1.26. The van der Waals surface area contributed by atoms with Gasteiger partial charge in [-0.1, -0.05) is 23.5 Å². The van der Waals surface area contributed by atoms with Crippen LogP contribution in [-0.2, 0) is 4.74 Å². The summed E-state index contributed by atoms with van der Waals surface area (Å²) in [4.78, 5) is 49.5. The van der Waals surface area contributed by atoms with Gasteiger partial charge in [-0.2, -0.15) is 0 Å². The number of thiazole rings is 1. The van der Waals surface area contributed by atoms with Crippen LogP contribution in [0.3, 0.4) is 0 Å². The summed E-state index contributed by atoms with van der Waals surface area (Å²) in [6, 6.07) is 5.84. The molecule has 29 heavy (non-hydrogen) atoms. The Morgan fingerprint density at radius 2 is 2.10 bits per heavy atom. The standard InChI is InChI=1S/C18H15N3O6S2/c1-3-27-17(23)13-12(10-5-4-6-11(7-10)21(25)26)8-28-16(13)20-15(22)14-9(2)19-18(24)29-14/h4-8H,3H2,1-2H3,(H,19,24)(H,20,22). The fourth-order valence-electron chi connectivity index (χ4n) is 2.64. The number of esters is 1. The monoisotopic (exact) mass is 433 g/mol. The zero-order valence-electron chi connectivity index (χ0n) is 15.3. The molecule has 0 unspecified atom stereocenters. The number of anilines is 1. The van der Waals surface area contributed by atoms with Gasteiger partial charge in [0.1, 0.15) is 15.4 Å². The lowest BCUT2D eigenvalue weighted by Gasteiger charge is -2.08. The van der Waals surface area contributed by atoms with E-state index in [1.807, 2.05) is 0 Å². The first-order valence-corrected chi connectivity index (χ1v) is 10.1. The van der Waals surface area contributed by atoms with E-state index in [2.05, 4.69) is 10.3 Å². The molecule has 0 fully saturated rings. The van der Waals surface area contributed by atoms with Crippen molar-refractivity contribution in [1.29, 1.82) is 0 Å². The molecule has 3 aromatic rings. The van der Waals surface area contributed by atoms with Gasteiger partial charge in [0, 0.05) is 28.8 Å². The minimum Gasteiger partial charge on any atom is -0.462 e. The van der Waals surface area contributed by atoms with Crippen LogP contribution in [0.2, 0.25) is 0 Å². The Bertz CT molecular complexity index is 1160. The maximum absolute atomic E-state index is 12.6. The summed E-state index contributed by atoms with van der Waals surface area (Å²) >= 11 is 1.85. The van der Waals surface area contributed by atoms with Crippen molar-refractivity contribution >= 4 is 45.2 Å². The number of aromatic amines is 1. The van der Waals surface area contributed by atoms with Gasteiger partial charge in [-0.3, -0.25) is 19.7 Å². The molecule has 2 aromatic heterocycles. The summed E-state index contributed by atoms with van der Waals surface area (Å²) in [7, 11) is 0. The van der Waals surface area contributed by atoms with Crippen LogP contribution in [0.1, 0.15) is 32.6 Å². The molecule has 9 nitrogen and oxygen atoms in total. The van der Waals surface area contributed by atoms with Gasteiger partial charge in [-0.25, -0.2) is 4.79 Å². The molecule has 3 rings (SSSR count). The van der Waals surface area contributed by atoms with Gasteiger partial charge in [-0.15, -0.1) is 11.3 Å². The van der Waals surface area contributed by atoms with E-state index in [1.165, 1.54) is 18.2 Å². The molecule has 0 aliphatic heterocycles. The van der Waals surface area contributed by atoms with Gasteiger partial charge in [0.15, 0.2) is 0 Å². The number of amides is 1. The number of nitrogens with one attached hydrogen (secondary N) is 2. The van der Waals surface area contributed by atoms with Crippen molar-refractivity contribution in [2.45, 2.75) is 13.8 Å². The summed E-state index contributed by atoms with van der Waals surface area (Å²) < 4.78 is 5.11. The van der Waals surface area contributed by atoms with Crippen LogP contribution in [0.25, 0.3) is 11.1 Å². The number of carbonyl (C=O) groups excluding carboxylic acids is 2. The number of nitrogens with zero attached hydrogens (tertiary/aromatic N) is 1. The predicted octanol–water partition coefficient (Wildman–Crippen LogP) is 3.81. The van der Waals surface area contributed by atoms with E-state index < -0.39 is 16.8 Å². The first-order chi connectivity index (χ1) is 13.8. The molecule has 0 saturated heterocycles. The highest BCUT2D eigenvalue weighted by molar-refractivity contribution is 7.15. The fraction of sp³-hybridized carbons (Fsp3) is 0.167. The molecule has 2 heterocycles. The number of hydrogen-bond acceptors (Lipinski definition) is 8. The minimum absolute atomic E-state index is 0.103. The topological polar surface area (TPSA) is 131 Å². The Morgan fingerprint density at radius 3 is 2.72 bits per heavy atom. The van der Waals surface area contributed by atoms with Crippen molar-refractivity contribution < 1.29 is 19.2 Å². The molecule has 11 heteroatoms. The number of hydrogen-bond donors (Lipinski definition) is 2. The average Bonchev–Trinajstić information content (AvgIpc) is 3.24. The molecule has 150 valence electrons. The number of rotatable bonds is 6. The number of aryl methyl sites for hydroxylation is 1. The first-order valence-electron chi connectivity index (χ1n) is 8.36. The van der Waals surface area contributed by atoms with Crippen molar-refractivity contribution in [3.05, 3.63) is 65.6 Å². The van der Waals surface area contributed by atoms with Crippen LogP contribution in [0.4, 0.5) is 10.7 Å². The Morgan fingerprint density at radius 1 is 1.34 bits per heavy atom. The maximum atomic E-state index is 12.6. The van der Waals surface area contributed by atoms with Gasteiger partial charge in [0.2, 0.25) is 0 Å². The van der Waals surface area contributed by atoms with Gasteiger partial charge in [-0.05, 0) is 19.4 Å². The Labute approximate surface area is 172 Å². The number of benzene rings is 1. The summed E-state index contributed by atoms with van der Waals surface area (Å²) in [5, 5.41) is 15.6. The minimum atomic E-state index is -0.662. The quantitative estimate of drug-likeness (QED) is 0.345. The SMILES string of the molecule is CCOC(=O)c1c(-c2cccc([N+](=O)[O-])c2)csc1NC(=O)c1sc(=O)[nH]c1C. The van der Waals surface area contributed by atoms with E-state index in [-0.39, 0.29) is 32.6 Å². The second-order valence-corrected chi connectivity index (χ2v) is 7.67. The van der Waals surface area contributed by atoms with Gasteiger partial charge in [0.25, 0.3) is 11.6 Å². The van der Waals surface area contributed by atoms with E-state index >= 15 is 0 Å². The smallest absolute Gasteiger partial charge is 0.341 e. The first kappa shape index (κ1) is 20.4. The molecule has 0 radical (unpaired) electrons.